The summed E-state index contributed by atoms with van der Waals surface area (Å²) in [6.07, 6.45) is 17.0. The Bertz CT molecular complexity index is 3140. The number of ether oxygens (including phenoxy) is 1. The average molecular weight is 1620 g/mol. The van der Waals surface area contributed by atoms with Gasteiger partial charge in [-0.3, -0.25) is 24.0 Å². The molecule has 3 heterocycles. The van der Waals surface area contributed by atoms with Crippen LogP contribution in [0.4, 0.5) is 4.79 Å². The molecule has 3 aliphatic heterocycles. The summed E-state index contributed by atoms with van der Waals surface area (Å²) >= 11 is 5.77. The summed E-state index contributed by atoms with van der Waals surface area (Å²) in [7, 11) is 2.19. The van der Waals surface area contributed by atoms with Crippen molar-refractivity contribution in [2.24, 2.45) is 41.4 Å². The van der Waals surface area contributed by atoms with Gasteiger partial charge in [-0.2, -0.15) is 0 Å². The fourth-order valence-corrected chi connectivity index (χ4v) is 13.0. The van der Waals surface area contributed by atoms with Crippen molar-refractivity contribution < 1.29 is 33.5 Å². The van der Waals surface area contributed by atoms with Crippen LogP contribution in [-0.2, 0) is 30.3 Å². The highest BCUT2D eigenvalue weighted by Gasteiger charge is 2.32. The first-order valence-electron chi connectivity index (χ1n) is 43.3. The van der Waals surface area contributed by atoms with E-state index in [-0.39, 0.29) is 77.7 Å². The Morgan fingerprint density at radius 2 is 0.870 bits per heavy atom. The third-order valence-corrected chi connectivity index (χ3v) is 18.9. The van der Waals surface area contributed by atoms with Gasteiger partial charge in [-0.1, -0.05) is 132 Å². The fourth-order valence-electron chi connectivity index (χ4n) is 12.9. The summed E-state index contributed by atoms with van der Waals surface area (Å²) in [4.78, 5) is 73.1. The molecule has 0 bridgehead atoms. The lowest BCUT2D eigenvalue weighted by Gasteiger charge is -2.33. The van der Waals surface area contributed by atoms with Gasteiger partial charge in [0.2, 0.25) is 23.6 Å². The molecule has 2 saturated carbocycles. The number of carbonyl (C=O) groups excluding carboxylic acids is 6. The first-order valence-corrected chi connectivity index (χ1v) is 43.7. The van der Waals surface area contributed by atoms with Gasteiger partial charge in [0.25, 0.3) is 5.91 Å². The molecule has 0 aromatic heterocycles. The zero-order valence-corrected chi connectivity index (χ0v) is 77.4. The van der Waals surface area contributed by atoms with Crippen LogP contribution in [0.1, 0.15) is 278 Å². The molecule has 2 atom stereocenters. The van der Waals surface area contributed by atoms with Crippen LogP contribution in [0.2, 0.25) is 5.02 Å². The molecule has 8 rings (SSSR count). The van der Waals surface area contributed by atoms with Crippen molar-refractivity contribution in [2.45, 2.75) is 322 Å². The number of likely N-dealkylation sites (tertiary alicyclic amines) is 2. The summed E-state index contributed by atoms with van der Waals surface area (Å²) in [5.41, 5.74) is 7.00. The van der Waals surface area contributed by atoms with Crippen LogP contribution in [0.15, 0.2) is 128 Å². The third kappa shape index (κ3) is 55.8. The van der Waals surface area contributed by atoms with Crippen molar-refractivity contribution in [3.63, 3.8) is 0 Å². The Morgan fingerprint density at radius 3 is 1.29 bits per heavy atom. The Morgan fingerprint density at radius 1 is 0.452 bits per heavy atom. The normalized spacial score (nSPS) is 17.4. The van der Waals surface area contributed by atoms with Crippen molar-refractivity contribution in [1.29, 1.82) is 0 Å². The quantitative estimate of drug-likeness (QED) is 0.0426. The Balaban J connectivity index is 0.00000128. The van der Waals surface area contributed by atoms with Crippen molar-refractivity contribution in [1.82, 2.24) is 63.0 Å². The second-order valence-electron chi connectivity index (χ2n) is 35.6. The van der Waals surface area contributed by atoms with Gasteiger partial charge in [0.05, 0.1) is 12.3 Å². The van der Waals surface area contributed by atoms with Crippen LogP contribution in [-0.4, -0.2) is 152 Å². The van der Waals surface area contributed by atoms with E-state index in [0.717, 1.165) is 65.9 Å². The van der Waals surface area contributed by atoms with Gasteiger partial charge in [-0.15, -0.1) is 0 Å². The number of rotatable bonds is 23. The maximum atomic E-state index is 12.0. The molecule has 19 nitrogen and oxygen atoms in total. The molecule has 5 aliphatic rings. The summed E-state index contributed by atoms with van der Waals surface area (Å²) in [5, 5.41) is 31.9. The molecule has 2 aliphatic carbocycles. The van der Waals surface area contributed by atoms with Gasteiger partial charge in [0.15, 0.2) is 0 Å². The van der Waals surface area contributed by atoms with Crippen LogP contribution in [0.5, 0.6) is 0 Å². The average Bonchev–Trinajstić information content (AvgIpc) is 1.84. The van der Waals surface area contributed by atoms with Gasteiger partial charge < -0.3 is 67.7 Å². The molecule has 20 heteroatoms. The first-order chi connectivity index (χ1) is 53.8. The maximum absolute atomic E-state index is 12.0. The monoisotopic (exact) mass is 1620 g/mol. The highest BCUT2D eigenvalue weighted by molar-refractivity contribution is 6.30. The first kappa shape index (κ1) is 108. The Kier molecular flexibility index (Phi) is 56.3. The van der Waals surface area contributed by atoms with Crippen LogP contribution >= 0.6 is 11.6 Å². The number of amides is 6. The summed E-state index contributed by atoms with van der Waals surface area (Å²) in [5.74, 6) is 3.69. The van der Waals surface area contributed by atoms with E-state index in [1.807, 2.05) is 177 Å². The number of nitrogens with zero attached hydrogens (tertiary/aromatic N) is 2. The summed E-state index contributed by atoms with van der Waals surface area (Å²) < 4.78 is 5.34. The largest absolute Gasteiger partial charge is 0.444 e. The van der Waals surface area contributed by atoms with Crippen LogP contribution in [0.3, 0.4) is 0 Å². The molecule has 115 heavy (non-hydrogen) atoms. The van der Waals surface area contributed by atoms with E-state index in [4.69, 9.17) is 16.3 Å². The zero-order valence-electron chi connectivity index (χ0n) is 76.6. The van der Waals surface area contributed by atoms with Gasteiger partial charge in [-0.05, 0) is 296 Å². The number of allylic oxidation sites excluding steroid dienone is 2. The number of benzene rings is 3. The molecule has 3 aromatic carbocycles. The third-order valence-electron chi connectivity index (χ3n) is 18.7. The molecule has 654 valence electrons. The standard InChI is InChI=1S/C14H26N2O3.C11H14ClN.C11H22N2.C11H21NO.C11H15NO.C10H20N2.C10H13NO.C10H19N.C7H15NO/c1-10(2)15-12(17)11-7-6-8-16(9-11)13(18)19-14(3,4)5;1-8(2)13-9(3)10-4-6-11(12)7-5-10;1-9(2)12-10(3)11-5-7-13(4)8-6-11;1-8(2)12-11(13)10-6-4-9(3)5-7-10;1-9(2)12-11(13)8-10-6-4-3-5-7-10;1-8(2)12-9(3)10-5-4-6-11-7-10;1-8(2)11-10(12)9-6-4-3-5-7-9;1-8(2)11-9(3)10-6-4-5-7-10;1-5(2)7(9)8-6(3)4/h10-11H,6-9H2,1-5H3,(H,15,17);4-8,13H,3H2,1-2H3;9,11-12H,3,5-8H2,1-2,4H3;8-10H,4-7H2,1-3H3,(H,12,13);3-7,9H,8H2,1-2H3,(H,12,13);8,10-12H,3-7H2,1-2H3;3-8H,1-2H3,(H,11,12);8,10-11H,3-7H2,1-2H3;5-6H,1-4H3,(H,8,9). The summed E-state index contributed by atoms with van der Waals surface area (Å²) in [6, 6.07) is 29.7. The van der Waals surface area contributed by atoms with Crippen LogP contribution < -0.4 is 53.2 Å². The zero-order chi connectivity index (χ0) is 87.5. The van der Waals surface area contributed by atoms with E-state index in [2.05, 4.69) is 154 Å². The highest BCUT2D eigenvalue weighted by atomic mass is 35.5. The number of piperidine rings is 3. The second kappa shape index (κ2) is 60.2. The lowest BCUT2D eigenvalue weighted by molar-refractivity contribution is -0.127. The maximum Gasteiger partial charge on any atom is 0.410 e. The van der Waals surface area contributed by atoms with Crippen molar-refractivity contribution in [2.75, 3.05) is 46.3 Å². The van der Waals surface area contributed by atoms with Gasteiger partial charge in [0.1, 0.15) is 5.60 Å². The Labute approximate surface area is 705 Å². The molecule has 0 spiro atoms. The van der Waals surface area contributed by atoms with E-state index in [1.165, 1.54) is 101 Å². The Hall–Kier alpha value is -7.35. The van der Waals surface area contributed by atoms with Crippen molar-refractivity contribution in [3.8, 4) is 0 Å². The molecule has 10 N–H and O–H groups in total. The van der Waals surface area contributed by atoms with Gasteiger partial charge in [-0.25, -0.2) is 4.79 Å². The van der Waals surface area contributed by atoms with Gasteiger partial charge in [0, 0.05) is 131 Å². The van der Waals surface area contributed by atoms with Crippen molar-refractivity contribution in [3.05, 3.63) is 150 Å². The predicted molar refractivity (Wildman–Crippen MR) is 488 cm³/mol. The van der Waals surface area contributed by atoms with E-state index >= 15 is 0 Å². The molecule has 6 amide bonds. The SMILES string of the molecule is C=C(NC(C)C)C1CCCC1.C=C(NC(C)C)C1CCCNC1.C=C(NC(C)C)C1CCN(C)CC1.C=C(NC(C)C)c1ccc(Cl)cc1.CC(C)NC(=O)C(C)C.CC(C)NC(=O)C1CCCN(C(=O)OC(C)(C)C)C1.CC(C)NC(=O)Cc1ccccc1.CC(C)NC(=O)c1ccccc1.CC1CCC(C(=O)NC(C)C)CC1. The molecule has 5 fully saturated rings. The van der Waals surface area contributed by atoms with Crippen LogP contribution in [0, 0.1) is 41.4 Å². The number of nitrogens with one attached hydrogen (secondary N) is 10. The van der Waals surface area contributed by atoms with E-state index in [0.29, 0.717) is 67.0 Å². The van der Waals surface area contributed by atoms with E-state index < -0.39 is 5.60 Å². The minimum absolute atomic E-state index is 0.00870. The van der Waals surface area contributed by atoms with Gasteiger partial charge >= 0.3 is 6.09 Å². The molecule has 0 radical (unpaired) electrons. The minimum atomic E-state index is -0.496. The molecule has 3 saturated heterocycles. The lowest BCUT2D eigenvalue weighted by atomic mass is 9.82. The highest BCUT2D eigenvalue weighted by Crippen LogP contribution is 2.30. The summed E-state index contributed by atoms with van der Waals surface area (Å²) in [6.45, 7) is 70.4. The predicted octanol–water partition coefficient (Wildman–Crippen LogP) is 18.6. The smallest absolute Gasteiger partial charge is 0.410 e. The topological polar surface area (TPSA) is 238 Å². The molecular formula is C95H165ClN12O7. The minimum Gasteiger partial charge on any atom is -0.444 e. The fraction of sp³-hybridized carbons (Fsp3) is 0.663. The van der Waals surface area contributed by atoms with Crippen LogP contribution in [0.25, 0.3) is 5.70 Å². The van der Waals surface area contributed by atoms with Crippen molar-refractivity contribution >= 4 is 52.9 Å². The molecular weight excluding hydrogens is 1460 g/mol. The molecule has 3 aromatic rings. The van der Waals surface area contributed by atoms with E-state index in [1.54, 1.807) is 17.0 Å². The number of hydrogen-bond acceptors (Lipinski definition) is 13. The number of carbonyl (C=O) groups is 6. The number of halogens is 1. The molecule has 2 unspecified atom stereocenters. The number of hydrogen-bond donors (Lipinski definition) is 10. The van der Waals surface area contributed by atoms with E-state index in [9.17, 15) is 28.8 Å². The second-order valence-corrected chi connectivity index (χ2v) is 36.0. The lowest BCUT2D eigenvalue weighted by Crippen LogP contribution is -2.48.